The fourth-order valence-corrected chi connectivity index (χ4v) is 5.35. The van der Waals surface area contributed by atoms with E-state index in [4.69, 9.17) is 26.8 Å². The number of amides is 2. The van der Waals surface area contributed by atoms with E-state index in [9.17, 15) is 32.3 Å². The number of alkyl halides is 3. The molecule has 2 aliphatic rings. The normalized spacial score (nSPS) is 19.1. The van der Waals surface area contributed by atoms with Crippen molar-refractivity contribution in [1.29, 1.82) is 0 Å². The minimum Gasteiger partial charge on any atom is -0.489 e. The van der Waals surface area contributed by atoms with Crippen LogP contribution in [-0.2, 0) is 15.8 Å². The zero-order valence-electron chi connectivity index (χ0n) is 23.8. The molecule has 4 aromatic rings. The van der Waals surface area contributed by atoms with Crippen molar-refractivity contribution in [2.24, 2.45) is 5.73 Å². The Kier molecular flexibility index (Phi) is 7.20. The summed E-state index contributed by atoms with van der Waals surface area (Å²) in [6.45, 7) is -0.349. The second kappa shape index (κ2) is 10.6. The lowest BCUT2D eigenvalue weighted by Crippen LogP contribution is -2.51. The molecule has 2 atom stereocenters. The number of pyridine rings is 2. The van der Waals surface area contributed by atoms with Crippen LogP contribution < -0.4 is 20.5 Å². The minimum atomic E-state index is -5.39. The summed E-state index contributed by atoms with van der Waals surface area (Å²) < 4.78 is 71.1. The van der Waals surface area contributed by atoms with Gasteiger partial charge in [-0.25, -0.2) is 13.9 Å². The first-order valence-corrected chi connectivity index (χ1v) is 14.1. The molecule has 0 radical (unpaired) electrons. The Labute approximate surface area is 258 Å². The number of aliphatic hydroxyl groups is 1. The van der Waals surface area contributed by atoms with E-state index in [1.807, 2.05) is 0 Å². The first-order valence-electron chi connectivity index (χ1n) is 13.8. The van der Waals surface area contributed by atoms with Crippen molar-refractivity contribution in [2.75, 3.05) is 20.3 Å². The number of halogens is 5. The summed E-state index contributed by atoms with van der Waals surface area (Å²) in [6, 6.07) is 8.80. The first-order chi connectivity index (χ1) is 21.2. The Morgan fingerprint density at radius 1 is 1.22 bits per heavy atom. The van der Waals surface area contributed by atoms with Crippen LogP contribution in [0, 0.1) is 5.82 Å². The summed E-state index contributed by atoms with van der Waals surface area (Å²) in [6.07, 6.45) is -3.43. The SMILES string of the molecule is COc1cc(C(=O)NCC(O)(c2cc3c(c(-c4ccc(Cl)c(F)c4)n2)OC[C@]3(C)C(N)=O)C(F)(F)F)cc2cc(C3CC3)nn12. The summed E-state index contributed by atoms with van der Waals surface area (Å²) >= 11 is 5.80. The van der Waals surface area contributed by atoms with Crippen molar-refractivity contribution in [1.82, 2.24) is 19.9 Å². The Morgan fingerprint density at radius 3 is 2.58 bits per heavy atom. The fraction of sp³-hybridized carbons (Fsp3) is 0.333. The van der Waals surface area contributed by atoms with Gasteiger partial charge in [-0.2, -0.15) is 18.3 Å². The smallest absolute Gasteiger partial charge is 0.424 e. The third-order valence-corrected chi connectivity index (χ3v) is 8.53. The molecule has 236 valence electrons. The highest BCUT2D eigenvalue weighted by Gasteiger charge is 2.57. The van der Waals surface area contributed by atoms with Crippen molar-refractivity contribution in [3.8, 4) is 22.9 Å². The average Bonchev–Trinajstić information content (AvgIpc) is 3.66. The number of ether oxygens (including phenoxy) is 2. The molecule has 4 N–H and O–H groups in total. The molecular weight excluding hydrogens is 622 g/mol. The molecule has 0 spiro atoms. The quantitative estimate of drug-likeness (QED) is 0.241. The number of carbonyl (C=O) groups excluding carboxylic acids is 2. The van der Waals surface area contributed by atoms with Gasteiger partial charge in [-0.05, 0) is 50.1 Å². The molecule has 1 saturated carbocycles. The van der Waals surface area contributed by atoms with Gasteiger partial charge < -0.3 is 25.6 Å². The van der Waals surface area contributed by atoms with E-state index in [1.54, 1.807) is 6.07 Å². The van der Waals surface area contributed by atoms with Gasteiger partial charge in [-0.3, -0.25) is 9.59 Å². The lowest BCUT2D eigenvalue weighted by molar-refractivity contribution is -0.265. The molecular formula is C30H26ClF4N5O5. The van der Waals surface area contributed by atoms with Crippen LogP contribution >= 0.6 is 11.6 Å². The molecule has 1 aromatic carbocycles. The molecule has 45 heavy (non-hydrogen) atoms. The van der Waals surface area contributed by atoms with Gasteiger partial charge in [0.2, 0.25) is 17.4 Å². The molecule has 6 rings (SSSR count). The first kappa shape index (κ1) is 30.6. The number of nitrogens with one attached hydrogen (secondary N) is 1. The van der Waals surface area contributed by atoms with E-state index in [-0.39, 0.29) is 45.6 Å². The highest BCUT2D eigenvalue weighted by molar-refractivity contribution is 6.30. The maximum absolute atomic E-state index is 14.7. The number of benzene rings is 1. The van der Waals surface area contributed by atoms with Gasteiger partial charge in [0.05, 0.1) is 35.6 Å². The number of nitrogens with two attached hydrogens (primary N) is 1. The van der Waals surface area contributed by atoms with E-state index in [2.05, 4.69) is 15.4 Å². The van der Waals surface area contributed by atoms with Gasteiger partial charge in [-0.15, -0.1) is 0 Å². The van der Waals surface area contributed by atoms with Crippen LogP contribution in [0.2, 0.25) is 5.02 Å². The van der Waals surface area contributed by atoms with E-state index in [1.165, 1.54) is 42.8 Å². The Hall–Kier alpha value is -4.43. The summed E-state index contributed by atoms with van der Waals surface area (Å²) in [4.78, 5) is 29.7. The molecule has 1 aliphatic heterocycles. The van der Waals surface area contributed by atoms with E-state index in [0.717, 1.165) is 30.7 Å². The number of carbonyl (C=O) groups is 2. The summed E-state index contributed by atoms with van der Waals surface area (Å²) in [5.41, 5.74) is 0.0727. The number of fused-ring (bicyclic) bond motifs is 2. The molecule has 3 aromatic heterocycles. The van der Waals surface area contributed by atoms with Gasteiger partial charge in [-0.1, -0.05) is 17.7 Å². The molecule has 2 amide bonds. The van der Waals surface area contributed by atoms with Gasteiger partial charge in [0.15, 0.2) is 0 Å². The van der Waals surface area contributed by atoms with Crippen LogP contribution in [0.4, 0.5) is 17.6 Å². The molecule has 1 aliphatic carbocycles. The largest absolute Gasteiger partial charge is 0.489 e. The predicted molar refractivity (Wildman–Crippen MR) is 153 cm³/mol. The standard InChI is InChI=1S/C30H26ClF4N5O5/c1-28(27(36)42)13-45-25-18(28)11-22(38-24(25)15-5-6-19(31)20(32)8-15)29(43,30(33,34)35)12-37-26(41)16-7-17-10-21(14-3-4-14)39-40(17)23(9-16)44-2/h5-11,14,43H,3-4,12-13H2,1-2H3,(H2,36,42)(H,37,41)/t28-,29?/m0/s1. The van der Waals surface area contributed by atoms with Gasteiger partial charge in [0, 0.05) is 28.7 Å². The molecule has 4 heterocycles. The van der Waals surface area contributed by atoms with Crippen molar-refractivity contribution in [2.45, 2.75) is 42.9 Å². The van der Waals surface area contributed by atoms with Gasteiger partial charge >= 0.3 is 6.18 Å². The van der Waals surface area contributed by atoms with Gasteiger partial charge in [0.25, 0.3) is 5.91 Å². The number of hydrogen-bond acceptors (Lipinski definition) is 7. The molecule has 0 bridgehead atoms. The van der Waals surface area contributed by atoms with Crippen molar-refractivity contribution < 1.29 is 41.7 Å². The van der Waals surface area contributed by atoms with Crippen molar-refractivity contribution in [3.05, 3.63) is 75.8 Å². The zero-order valence-corrected chi connectivity index (χ0v) is 24.6. The minimum absolute atomic E-state index is 0.0379. The highest BCUT2D eigenvalue weighted by Crippen LogP contribution is 2.48. The predicted octanol–water partition coefficient (Wildman–Crippen LogP) is 4.39. The summed E-state index contributed by atoms with van der Waals surface area (Å²) in [5.74, 6) is -2.38. The van der Waals surface area contributed by atoms with Crippen LogP contribution in [0.3, 0.4) is 0 Å². The topological polar surface area (TPSA) is 141 Å². The second-order valence-corrected chi connectivity index (χ2v) is 11.8. The fourth-order valence-electron chi connectivity index (χ4n) is 5.23. The zero-order chi connectivity index (χ0) is 32.5. The van der Waals surface area contributed by atoms with E-state index >= 15 is 0 Å². The van der Waals surface area contributed by atoms with Crippen LogP contribution in [0.25, 0.3) is 16.8 Å². The van der Waals surface area contributed by atoms with Crippen LogP contribution in [-0.4, -0.2) is 58.0 Å². The Balaban J connectivity index is 1.41. The lowest BCUT2D eigenvalue weighted by Gasteiger charge is -2.31. The summed E-state index contributed by atoms with van der Waals surface area (Å²) in [5, 5.41) is 17.7. The van der Waals surface area contributed by atoms with Crippen LogP contribution in [0.1, 0.15) is 53.0 Å². The van der Waals surface area contributed by atoms with Crippen LogP contribution in [0.15, 0.2) is 42.5 Å². The second-order valence-electron chi connectivity index (χ2n) is 11.4. The average molecular weight is 648 g/mol. The monoisotopic (exact) mass is 647 g/mol. The van der Waals surface area contributed by atoms with E-state index in [0.29, 0.717) is 11.4 Å². The summed E-state index contributed by atoms with van der Waals surface area (Å²) in [7, 11) is 1.37. The van der Waals surface area contributed by atoms with Crippen molar-refractivity contribution >= 4 is 28.9 Å². The third-order valence-electron chi connectivity index (χ3n) is 8.22. The Bertz CT molecular complexity index is 1880. The molecule has 1 unspecified atom stereocenters. The molecule has 10 nitrogen and oxygen atoms in total. The molecule has 1 fully saturated rings. The molecule has 15 heteroatoms. The lowest BCUT2D eigenvalue weighted by atomic mass is 9.81. The number of hydrogen-bond donors (Lipinski definition) is 3. The van der Waals surface area contributed by atoms with Gasteiger partial charge in [0.1, 0.15) is 29.3 Å². The number of methoxy groups -OCH3 is 1. The third kappa shape index (κ3) is 5.11. The maximum Gasteiger partial charge on any atom is 0.424 e. The number of rotatable bonds is 8. The number of nitrogens with zero attached hydrogens (tertiary/aromatic N) is 3. The Morgan fingerprint density at radius 2 is 1.96 bits per heavy atom. The van der Waals surface area contributed by atoms with Crippen molar-refractivity contribution in [3.63, 3.8) is 0 Å². The number of primary amides is 1. The maximum atomic E-state index is 14.7. The van der Waals surface area contributed by atoms with Crippen LogP contribution in [0.5, 0.6) is 11.6 Å². The van der Waals surface area contributed by atoms with E-state index < -0.39 is 47.1 Å². The number of aromatic nitrogens is 3. The molecule has 0 saturated heterocycles. The highest BCUT2D eigenvalue weighted by atomic mass is 35.5.